The second-order valence-electron chi connectivity index (χ2n) is 3.66. The van der Waals surface area contributed by atoms with Gasteiger partial charge >= 0.3 is 0 Å². The van der Waals surface area contributed by atoms with Crippen LogP contribution in [0.3, 0.4) is 0 Å². The summed E-state index contributed by atoms with van der Waals surface area (Å²) in [5.41, 5.74) is 3.34. The third-order valence-electron chi connectivity index (χ3n) is 2.49. The lowest BCUT2D eigenvalue weighted by molar-refractivity contribution is 0.538. The Morgan fingerprint density at radius 1 is 1.46 bits per heavy atom. The molecule has 2 nitrogen and oxygen atoms in total. The van der Waals surface area contributed by atoms with E-state index >= 15 is 0 Å². The number of nitrogens with zero attached hydrogens (tertiary/aromatic N) is 1. The van der Waals surface area contributed by atoms with E-state index in [1.165, 1.54) is 11.1 Å². The molecule has 2 rings (SSSR count). The fourth-order valence-electron chi connectivity index (χ4n) is 1.70. The lowest BCUT2D eigenvalue weighted by Crippen LogP contribution is -2.15. The molecule has 1 N–H and O–H groups in total. The highest BCUT2D eigenvalue weighted by molar-refractivity contribution is 5.95. The van der Waals surface area contributed by atoms with Gasteiger partial charge in [0.2, 0.25) is 5.90 Å². The minimum Gasteiger partial charge on any atom is -0.493 e. The topological polar surface area (TPSA) is 32.6 Å². The molecule has 0 saturated heterocycles. The van der Waals surface area contributed by atoms with Crippen molar-refractivity contribution in [3.63, 3.8) is 0 Å². The molecule has 1 aromatic rings. The van der Waals surface area contributed by atoms with Crippen LogP contribution in [0.1, 0.15) is 29.5 Å². The van der Waals surface area contributed by atoms with Gasteiger partial charge in [0.05, 0.1) is 0 Å². The van der Waals surface area contributed by atoms with Crippen molar-refractivity contribution < 1.29 is 5.11 Å². The van der Waals surface area contributed by atoms with Gasteiger partial charge < -0.3 is 5.11 Å². The summed E-state index contributed by atoms with van der Waals surface area (Å²) in [6.45, 7) is 4.90. The highest BCUT2D eigenvalue weighted by Crippen LogP contribution is 2.25. The SMILES string of the molecule is Cc1ccc2c(c1)C(C)CN=C2O. The van der Waals surface area contributed by atoms with E-state index in [1.54, 1.807) is 0 Å². The van der Waals surface area contributed by atoms with E-state index < -0.39 is 0 Å². The van der Waals surface area contributed by atoms with Gasteiger partial charge in [0.15, 0.2) is 0 Å². The number of aliphatic hydroxyl groups is 1. The first-order valence-electron chi connectivity index (χ1n) is 4.53. The van der Waals surface area contributed by atoms with Crippen LogP contribution in [0.2, 0.25) is 0 Å². The van der Waals surface area contributed by atoms with Gasteiger partial charge in [0, 0.05) is 18.0 Å². The lowest BCUT2D eigenvalue weighted by atomic mass is 9.92. The van der Waals surface area contributed by atoms with E-state index in [1.807, 2.05) is 12.1 Å². The zero-order valence-corrected chi connectivity index (χ0v) is 7.91. The number of hydrogen-bond acceptors (Lipinski definition) is 1. The van der Waals surface area contributed by atoms with Crippen molar-refractivity contribution in [1.82, 2.24) is 0 Å². The summed E-state index contributed by atoms with van der Waals surface area (Å²) in [7, 11) is 0. The molecule has 0 aromatic heterocycles. The highest BCUT2D eigenvalue weighted by Gasteiger charge is 2.18. The van der Waals surface area contributed by atoms with Crippen LogP contribution in [0, 0.1) is 6.92 Å². The molecule has 1 aliphatic rings. The third kappa shape index (κ3) is 1.32. The molecule has 0 saturated carbocycles. The van der Waals surface area contributed by atoms with E-state index in [9.17, 15) is 5.11 Å². The Bertz CT molecular complexity index is 368. The molecule has 0 aliphatic carbocycles. The molecule has 1 unspecified atom stereocenters. The first kappa shape index (κ1) is 8.30. The van der Waals surface area contributed by atoms with Crippen molar-refractivity contribution >= 4 is 5.90 Å². The van der Waals surface area contributed by atoms with E-state index in [4.69, 9.17) is 0 Å². The summed E-state index contributed by atoms with van der Waals surface area (Å²) in [4.78, 5) is 4.05. The summed E-state index contributed by atoms with van der Waals surface area (Å²) >= 11 is 0. The summed E-state index contributed by atoms with van der Waals surface area (Å²) in [5, 5.41) is 9.52. The Hall–Kier alpha value is -1.31. The van der Waals surface area contributed by atoms with Gasteiger partial charge in [0.25, 0.3) is 0 Å². The Kier molecular flexibility index (Phi) is 1.83. The zero-order chi connectivity index (χ0) is 9.42. The average molecular weight is 175 g/mol. The smallest absolute Gasteiger partial charge is 0.213 e. The fraction of sp³-hybridized carbons (Fsp3) is 0.364. The van der Waals surface area contributed by atoms with Crippen molar-refractivity contribution in [2.45, 2.75) is 19.8 Å². The highest BCUT2D eigenvalue weighted by atomic mass is 16.3. The van der Waals surface area contributed by atoms with Crippen molar-refractivity contribution in [2.75, 3.05) is 6.54 Å². The van der Waals surface area contributed by atoms with Gasteiger partial charge in [-0.25, -0.2) is 0 Å². The minimum absolute atomic E-state index is 0.188. The number of aryl methyl sites for hydroxylation is 1. The maximum Gasteiger partial charge on any atom is 0.213 e. The molecule has 1 atom stereocenters. The normalized spacial score (nSPS) is 20.8. The standard InChI is InChI=1S/C11H13NO/c1-7-3-4-9-10(5-7)8(2)6-12-11(9)13/h3-5,8H,6H2,1-2H3,(H,12,13). The van der Waals surface area contributed by atoms with E-state index in [0.717, 1.165) is 5.56 Å². The van der Waals surface area contributed by atoms with Crippen molar-refractivity contribution in [3.05, 3.63) is 34.9 Å². The molecule has 1 aromatic carbocycles. The molecule has 0 fully saturated rings. The molecule has 1 heterocycles. The summed E-state index contributed by atoms with van der Waals surface area (Å²) in [6, 6.07) is 6.08. The summed E-state index contributed by atoms with van der Waals surface area (Å²) in [6.07, 6.45) is 0. The molecule has 68 valence electrons. The first-order chi connectivity index (χ1) is 6.18. The Morgan fingerprint density at radius 2 is 2.23 bits per heavy atom. The molecule has 0 radical (unpaired) electrons. The maximum absolute atomic E-state index is 9.52. The zero-order valence-electron chi connectivity index (χ0n) is 7.91. The van der Waals surface area contributed by atoms with E-state index in [-0.39, 0.29) is 5.90 Å². The molecule has 0 amide bonds. The van der Waals surface area contributed by atoms with Crippen LogP contribution in [-0.2, 0) is 0 Å². The number of aliphatic hydroxyl groups excluding tert-OH is 1. The predicted molar refractivity (Wildman–Crippen MR) is 53.6 cm³/mol. The summed E-state index contributed by atoms with van der Waals surface area (Å²) in [5.74, 6) is 0.610. The van der Waals surface area contributed by atoms with Crippen molar-refractivity contribution in [1.29, 1.82) is 0 Å². The molecular formula is C11H13NO. The monoisotopic (exact) mass is 175 g/mol. The fourth-order valence-corrected chi connectivity index (χ4v) is 1.70. The van der Waals surface area contributed by atoms with Crippen molar-refractivity contribution in [2.24, 2.45) is 4.99 Å². The third-order valence-corrected chi connectivity index (χ3v) is 2.49. The van der Waals surface area contributed by atoms with Gasteiger partial charge in [-0.15, -0.1) is 0 Å². The number of rotatable bonds is 0. The number of hydrogen-bond donors (Lipinski definition) is 1. The lowest BCUT2D eigenvalue weighted by Gasteiger charge is -2.19. The summed E-state index contributed by atoms with van der Waals surface area (Å²) < 4.78 is 0. The number of fused-ring (bicyclic) bond motifs is 1. The van der Waals surface area contributed by atoms with Crippen LogP contribution in [0.25, 0.3) is 0 Å². The van der Waals surface area contributed by atoms with E-state index in [0.29, 0.717) is 12.5 Å². The van der Waals surface area contributed by atoms with Crippen LogP contribution in [0.15, 0.2) is 23.2 Å². The largest absolute Gasteiger partial charge is 0.493 e. The Morgan fingerprint density at radius 3 is 3.00 bits per heavy atom. The van der Waals surface area contributed by atoms with Crippen LogP contribution >= 0.6 is 0 Å². The molecule has 2 heteroatoms. The quantitative estimate of drug-likeness (QED) is 0.645. The molecule has 1 aliphatic heterocycles. The van der Waals surface area contributed by atoms with Gasteiger partial charge in [-0.1, -0.05) is 24.6 Å². The minimum atomic E-state index is 0.188. The molecule has 0 bridgehead atoms. The Balaban J connectivity index is 2.59. The molecule has 13 heavy (non-hydrogen) atoms. The predicted octanol–water partition coefficient (Wildman–Crippen LogP) is 2.42. The van der Waals surface area contributed by atoms with Gasteiger partial charge in [-0.05, 0) is 18.6 Å². The van der Waals surface area contributed by atoms with Crippen molar-refractivity contribution in [3.8, 4) is 0 Å². The average Bonchev–Trinajstić information content (AvgIpc) is 2.12. The van der Waals surface area contributed by atoms with Crippen LogP contribution in [-0.4, -0.2) is 17.5 Å². The first-order valence-corrected chi connectivity index (χ1v) is 4.53. The number of benzene rings is 1. The van der Waals surface area contributed by atoms with Gasteiger partial charge in [-0.3, -0.25) is 4.99 Å². The molecule has 0 spiro atoms. The second kappa shape index (κ2) is 2.87. The van der Waals surface area contributed by atoms with Crippen LogP contribution in [0.4, 0.5) is 0 Å². The second-order valence-corrected chi connectivity index (χ2v) is 3.66. The van der Waals surface area contributed by atoms with Gasteiger partial charge in [0.1, 0.15) is 0 Å². The van der Waals surface area contributed by atoms with Crippen LogP contribution in [0.5, 0.6) is 0 Å². The van der Waals surface area contributed by atoms with E-state index in [2.05, 4.69) is 24.9 Å². The van der Waals surface area contributed by atoms with Gasteiger partial charge in [-0.2, -0.15) is 0 Å². The Labute approximate surface area is 77.9 Å². The van der Waals surface area contributed by atoms with Crippen LogP contribution < -0.4 is 0 Å². The number of aliphatic imine (C=N–C) groups is 1. The maximum atomic E-state index is 9.52. The molecular weight excluding hydrogens is 162 g/mol.